The number of aromatic nitrogens is 1. The minimum Gasteiger partial charge on any atom is -0.355 e. The third kappa shape index (κ3) is 4.42. The number of aryl methyl sites for hydroxylation is 1. The first kappa shape index (κ1) is 14.7. The average molecular weight is 283 g/mol. The van der Waals surface area contributed by atoms with E-state index < -0.39 is 0 Å². The van der Waals surface area contributed by atoms with Crippen molar-refractivity contribution in [3.8, 4) is 0 Å². The maximum absolute atomic E-state index is 11.8. The molecule has 108 valence electrons. The van der Waals surface area contributed by atoms with E-state index in [0.717, 1.165) is 5.56 Å². The molecule has 2 N–H and O–H groups in total. The van der Waals surface area contributed by atoms with Crippen molar-refractivity contribution in [2.24, 2.45) is 0 Å². The number of benzene rings is 1. The predicted octanol–water partition coefficient (Wildman–Crippen LogP) is 2.01. The van der Waals surface area contributed by atoms with Crippen molar-refractivity contribution in [3.63, 3.8) is 0 Å². The van der Waals surface area contributed by atoms with Gasteiger partial charge in [-0.05, 0) is 42.3 Å². The first-order valence-corrected chi connectivity index (χ1v) is 6.70. The van der Waals surface area contributed by atoms with Gasteiger partial charge in [-0.2, -0.15) is 0 Å². The second-order valence-electron chi connectivity index (χ2n) is 4.57. The molecule has 0 radical (unpaired) electrons. The highest BCUT2D eigenvalue weighted by Gasteiger charge is 2.05. The Morgan fingerprint density at radius 1 is 1.14 bits per heavy atom. The molecule has 0 aliphatic rings. The molecule has 2 amide bonds. The van der Waals surface area contributed by atoms with Gasteiger partial charge in [-0.3, -0.25) is 14.6 Å². The lowest BCUT2D eigenvalue weighted by Crippen LogP contribution is -2.18. The Balaban J connectivity index is 1.86. The van der Waals surface area contributed by atoms with Gasteiger partial charge in [-0.15, -0.1) is 0 Å². The number of hydrogen-bond acceptors (Lipinski definition) is 3. The van der Waals surface area contributed by atoms with E-state index in [1.807, 2.05) is 12.1 Å². The van der Waals surface area contributed by atoms with Gasteiger partial charge in [0.15, 0.2) is 0 Å². The second kappa shape index (κ2) is 7.19. The van der Waals surface area contributed by atoms with E-state index in [1.165, 1.54) is 0 Å². The maximum atomic E-state index is 11.8. The summed E-state index contributed by atoms with van der Waals surface area (Å²) in [6.45, 7) is 0. The molecule has 5 heteroatoms. The Kier molecular flexibility index (Phi) is 5.04. The maximum Gasteiger partial charge on any atom is 0.251 e. The van der Waals surface area contributed by atoms with Crippen molar-refractivity contribution < 1.29 is 9.59 Å². The third-order valence-corrected chi connectivity index (χ3v) is 3.02. The molecule has 0 saturated heterocycles. The number of rotatable bonds is 5. The Bertz CT molecular complexity index is 609. The molecule has 1 heterocycles. The highest BCUT2D eigenvalue weighted by molar-refractivity contribution is 5.95. The van der Waals surface area contributed by atoms with Crippen LogP contribution in [0.2, 0.25) is 0 Å². The summed E-state index contributed by atoms with van der Waals surface area (Å²) in [6, 6.07) is 10.6. The Morgan fingerprint density at radius 2 is 1.90 bits per heavy atom. The summed E-state index contributed by atoms with van der Waals surface area (Å²) >= 11 is 0. The summed E-state index contributed by atoms with van der Waals surface area (Å²) in [5.41, 5.74) is 2.27. The molecule has 2 rings (SSSR count). The Labute approximate surface area is 123 Å². The molecule has 5 nitrogen and oxygen atoms in total. The van der Waals surface area contributed by atoms with Crippen LogP contribution in [0.4, 0.5) is 5.69 Å². The van der Waals surface area contributed by atoms with Gasteiger partial charge in [0.1, 0.15) is 0 Å². The summed E-state index contributed by atoms with van der Waals surface area (Å²) < 4.78 is 0. The van der Waals surface area contributed by atoms with Crippen LogP contribution in [0.25, 0.3) is 0 Å². The van der Waals surface area contributed by atoms with Crippen LogP contribution >= 0.6 is 0 Å². The van der Waals surface area contributed by atoms with E-state index in [1.54, 1.807) is 43.7 Å². The molecular formula is C16H17N3O2. The van der Waals surface area contributed by atoms with Crippen molar-refractivity contribution in [2.75, 3.05) is 12.4 Å². The molecule has 0 bridgehead atoms. The minimum atomic E-state index is -0.149. The van der Waals surface area contributed by atoms with Gasteiger partial charge in [0, 0.05) is 37.1 Å². The van der Waals surface area contributed by atoms with Gasteiger partial charge in [0.2, 0.25) is 5.91 Å². The topological polar surface area (TPSA) is 71.1 Å². The van der Waals surface area contributed by atoms with Crippen LogP contribution in [0.3, 0.4) is 0 Å². The number of carbonyl (C=O) groups excluding carboxylic acids is 2. The number of hydrogen-bond donors (Lipinski definition) is 2. The summed E-state index contributed by atoms with van der Waals surface area (Å²) in [5.74, 6) is -0.212. The van der Waals surface area contributed by atoms with Crippen molar-refractivity contribution in [1.82, 2.24) is 10.3 Å². The number of carbonyl (C=O) groups is 2. The van der Waals surface area contributed by atoms with E-state index in [-0.39, 0.29) is 11.8 Å². The number of pyridine rings is 1. The van der Waals surface area contributed by atoms with E-state index >= 15 is 0 Å². The highest BCUT2D eigenvalue weighted by Crippen LogP contribution is 2.10. The molecule has 1 aromatic heterocycles. The van der Waals surface area contributed by atoms with Crippen molar-refractivity contribution in [2.45, 2.75) is 12.8 Å². The molecule has 0 fully saturated rings. The van der Waals surface area contributed by atoms with E-state index in [0.29, 0.717) is 24.1 Å². The lowest BCUT2D eigenvalue weighted by atomic mass is 10.1. The standard InChI is InChI=1S/C16H17N3O2/c1-17-16(21)13-5-7-14(8-6-13)19-15(20)9-4-12-3-2-10-18-11-12/h2-3,5-8,10-11H,4,9H2,1H3,(H,17,21)(H,19,20). The second-order valence-corrected chi connectivity index (χ2v) is 4.57. The molecule has 1 aromatic carbocycles. The Hall–Kier alpha value is -2.69. The van der Waals surface area contributed by atoms with Crippen LogP contribution < -0.4 is 10.6 Å². The lowest BCUT2D eigenvalue weighted by Gasteiger charge is -2.06. The zero-order chi connectivity index (χ0) is 15.1. The molecule has 0 spiro atoms. The van der Waals surface area contributed by atoms with Crippen molar-refractivity contribution >= 4 is 17.5 Å². The quantitative estimate of drug-likeness (QED) is 0.881. The highest BCUT2D eigenvalue weighted by atomic mass is 16.2. The van der Waals surface area contributed by atoms with Crippen LogP contribution in [0.5, 0.6) is 0 Å². The first-order chi connectivity index (χ1) is 10.2. The molecule has 21 heavy (non-hydrogen) atoms. The van der Waals surface area contributed by atoms with Gasteiger partial charge in [0.05, 0.1) is 0 Å². The van der Waals surface area contributed by atoms with Crippen LogP contribution in [-0.4, -0.2) is 23.8 Å². The minimum absolute atomic E-state index is 0.0634. The molecule has 2 aromatic rings. The molecule has 0 aliphatic carbocycles. The first-order valence-electron chi connectivity index (χ1n) is 6.70. The van der Waals surface area contributed by atoms with Crippen molar-refractivity contribution in [1.29, 1.82) is 0 Å². The van der Waals surface area contributed by atoms with Gasteiger partial charge in [-0.1, -0.05) is 6.07 Å². The zero-order valence-corrected chi connectivity index (χ0v) is 11.8. The van der Waals surface area contributed by atoms with Crippen LogP contribution in [0.1, 0.15) is 22.3 Å². The smallest absolute Gasteiger partial charge is 0.251 e. The van der Waals surface area contributed by atoms with Crippen molar-refractivity contribution in [3.05, 3.63) is 59.9 Å². The number of nitrogens with zero attached hydrogens (tertiary/aromatic N) is 1. The van der Waals surface area contributed by atoms with E-state index in [4.69, 9.17) is 0 Å². The molecular weight excluding hydrogens is 266 g/mol. The average Bonchev–Trinajstić information content (AvgIpc) is 2.54. The Morgan fingerprint density at radius 3 is 2.52 bits per heavy atom. The number of amides is 2. The zero-order valence-electron chi connectivity index (χ0n) is 11.8. The fourth-order valence-corrected chi connectivity index (χ4v) is 1.88. The van der Waals surface area contributed by atoms with Gasteiger partial charge < -0.3 is 10.6 Å². The van der Waals surface area contributed by atoms with Crippen LogP contribution in [0, 0.1) is 0 Å². The van der Waals surface area contributed by atoms with Gasteiger partial charge >= 0.3 is 0 Å². The number of anilines is 1. The fraction of sp³-hybridized carbons (Fsp3) is 0.188. The van der Waals surface area contributed by atoms with Crippen LogP contribution in [-0.2, 0) is 11.2 Å². The summed E-state index contributed by atoms with van der Waals surface area (Å²) in [4.78, 5) is 27.3. The fourth-order valence-electron chi connectivity index (χ4n) is 1.88. The molecule has 0 unspecified atom stereocenters. The molecule has 0 atom stereocenters. The number of nitrogens with one attached hydrogen (secondary N) is 2. The lowest BCUT2D eigenvalue weighted by molar-refractivity contribution is -0.116. The predicted molar refractivity (Wildman–Crippen MR) is 81.0 cm³/mol. The van der Waals surface area contributed by atoms with E-state index in [2.05, 4.69) is 15.6 Å². The summed E-state index contributed by atoms with van der Waals surface area (Å²) in [6.07, 6.45) is 4.50. The van der Waals surface area contributed by atoms with Crippen LogP contribution in [0.15, 0.2) is 48.8 Å². The largest absolute Gasteiger partial charge is 0.355 e. The van der Waals surface area contributed by atoms with Gasteiger partial charge in [-0.25, -0.2) is 0 Å². The van der Waals surface area contributed by atoms with E-state index in [9.17, 15) is 9.59 Å². The SMILES string of the molecule is CNC(=O)c1ccc(NC(=O)CCc2cccnc2)cc1. The normalized spacial score (nSPS) is 9.95. The third-order valence-electron chi connectivity index (χ3n) is 3.02. The molecule has 0 saturated carbocycles. The van der Waals surface area contributed by atoms with Gasteiger partial charge in [0.25, 0.3) is 5.91 Å². The summed E-state index contributed by atoms with van der Waals surface area (Å²) in [5, 5.41) is 5.35. The molecule has 0 aliphatic heterocycles. The summed E-state index contributed by atoms with van der Waals surface area (Å²) in [7, 11) is 1.58. The monoisotopic (exact) mass is 283 g/mol.